The Labute approximate surface area is 133 Å². The molecular weight excluding hydrogens is 290 g/mol. The summed E-state index contributed by atoms with van der Waals surface area (Å²) < 4.78 is 5.31. The molecule has 5 heteroatoms. The van der Waals surface area contributed by atoms with Gasteiger partial charge in [0.2, 0.25) is 0 Å². The molecule has 4 nitrogen and oxygen atoms in total. The predicted octanol–water partition coefficient (Wildman–Crippen LogP) is 2.46. The fraction of sp³-hybridized carbons (Fsp3) is 0.562. The van der Waals surface area contributed by atoms with Gasteiger partial charge in [-0.05, 0) is 25.6 Å². The zero-order valence-corrected chi connectivity index (χ0v) is 13.8. The standard InChI is InChI=1S/C16H25NO3.ClH/c1-4-17(5-2)11-12-20-16(19)15(13(3)18)14-9-7-6-8-10-14;/h6-10,13,15,18H,4-5,11-12H2,1-3H3;1H. The molecule has 1 aromatic rings. The first-order valence-corrected chi connectivity index (χ1v) is 7.22. The first-order valence-electron chi connectivity index (χ1n) is 7.22. The van der Waals surface area contributed by atoms with Crippen LogP contribution in [0.15, 0.2) is 30.3 Å². The number of halogens is 1. The van der Waals surface area contributed by atoms with Gasteiger partial charge in [0.05, 0.1) is 6.10 Å². The van der Waals surface area contributed by atoms with E-state index in [0.29, 0.717) is 6.61 Å². The number of esters is 1. The summed E-state index contributed by atoms with van der Waals surface area (Å²) in [5, 5.41) is 9.83. The Balaban J connectivity index is 0.00000400. The van der Waals surface area contributed by atoms with Crippen LogP contribution in [0.5, 0.6) is 0 Å². The zero-order valence-electron chi connectivity index (χ0n) is 13.0. The lowest BCUT2D eigenvalue weighted by Gasteiger charge is -2.21. The highest BCUT2D eigenvalue weighted by Gasteiger charge is 2.26. The number of carbonyl (C=O) groups is 1. The van der Waals surface area contributed by atoms with Crippen LogP contribution in [-0.4, -0.2) is 48.3 Å². The van der Waals surface area contributed by atoms with E-state index in [2.05, 4.69) is 18.7 Å². The van der Waals surface area contributed by atoms with Crippen LogP contribution in [-0.2, 0) is 9.53 Å². The van der Waals surface area contributed by atoms with Crippen molar-refractivity contribution in [3.05, 3.63) is 35.9 Å². The molecule has 0 aromatic heterocycles. The molecule has 0 heterocycles. The molecule has 0 bridgehead atoms. The molecule has 0 amide bonds. The Morgan fingerprint density at radius 2 is 1.81 bits per heavy atom. The van der Waals surface area contributed by atoms with Crippen LogP contribution in [0.3, 0.4) is 0 Å². The van der Waals surface area contributed by atoms with Crippen LogP contribution < -0.4 is 0 Å². The van der Waals surface area contributed by atoms with Crippen LogP contribution in [0, 0.1) is 0 Å². The van der Waals surface area contributed by atoms with Gasteiger partial charge in [-0.15, -0.1) is 12.4 Å². The van der Waals surface area contributed by atoms with Crippen molar-refractivity contribution in [3.8, 4) is 0 Å². The van der Waals surface area contributed by atoms with Crippen LogP contribution in [0.25, 0.3) is 0 Å². The normalized spacial score (nSPS) is 13.4. The minimum atomic E-state index is -0.765. The minimum absolute atomic E-state index is 0. The number of hydrogen-bond acceptors (Lipinski definition) is 4. The fourth-order valence-electron chi connectivity index (χ4n) is 2.18. The van der Waals surface area contributed by atoms with Gasteiger partial charge in [-0.3, -0.25) is 4.79 Å². The number of nitrogens with zero attached hydrogens (tertiary/aromatic N) is 1. The second-order valence-corrected chi connectivity index (χ2v) is 4.82. The summed E-state index contributed by atoms with van der Waals surface area (Å²) in [7, 11) is 0. The summed E-state index contributed by atoms with van der Waals surface area (Å²) in [6.07, 6.45) is -0.765. The summed E-state index contributed by atoms with van der Waals surface area (Å²) in [5.74, 6) is -0.980. The molecule has 0 spiro atoms. The minimum Gasteiger partial charge on any atom is -0.464 e. The first-order chi connectivity index (χ1) is 9.60. The Morgan fingerprint density at radius 1 is 1.24 bits per heavy atom. The highest BCUT2D eigenvalue weighted by atomic mass is 35.5. The van der Waals surface area contributed by atoms with Gasteiger partial charge in [0.1, 0.15) is 12.5 Å². The number of carbonyl (C=O) groups excluding carboxylic acids is 1. The molecule has 0 saturated carbocycles. The summed E-state index contributed by atoms with van der Waals surface area (Å²) in [5.41, 5.74) is 0.787. The van der Waals surface area contributed by atoms with Gasteiger partial charge in [-0.1, -0.05) is 44.2 Å². The van der Waals surface area contributed by atoms with Crippen molar-refractivity contribution in [2.45, 2.75) is 32.8 Å². The highest BCUT2D eigenvalue weighted by molar-refractivity contribution is 5.85. The van der Waals surface area contributed by atoms with Crippen molar-refractivity contribution >= 4 is 18.4 Å². The largest absolute Gasteiger partial charge is 0.464 e. The quantitative estimate of drug-likeness (QED) is 0.749. The van der Waals surface area contributed by atoms with Crippen LogP contribution >= 0.6 is 12.4 Å². The Kier molecular flexibility index (Phi) is 10.0. The van der Waals surface area contributed by atoms with Gasteiger partial charge >= 0.3 is 5.97 Å². The van der Waals surface area contributed by atoms with E-state index >= 15 is 0 Å². The van der Waals surface area contributed by atoms with Crippen LogP contribution in [0.1, 0.15) is 32.3 Å². The van der Waals surface area contributed by atoms with Crippen molar-refractivity contribution in [3.63, 3.8) is 0 Å². The molecule has 0 radical (unpaired) electrons. The first kappa shape index (κ1) is 19.9. The fourth-order valence-corrected chi connectivity index (χ4v) is 2.18. The van der Waals surface area contributed by atoms with Crippen LogP contribution in [0.2, 0.25) is 0 Å². The van der Waals surface area contributed by atoms with Gasteiger partial charge in [0.25, 0.3) is 0 Å². The molecule has 1 N–H and O–H groups in total. The van der Waals surface area contributed by atoms with Crippen molar-refractivity contribution < 1.29 is 14.6 Å². The third kappa shape index (κ3) is 6.46. The van der Waals surface area contributed by atoms with Crippen molar-refractivity contribution in [1.29, 1.82) is 0 Å². The number of ether oxygens (including phenoxy) is 1. The summed E-state index contributed by atoms with van der Waals surface area (Å²) >= 11 is 0. The second-order valence-electron chi connectivity index (χ2n) is 4.82. The highest BCUT2D eigenvalue weighted by Crippen LogP contribution is 2.21. The maximum absolute atomic E-state index is 12.1. The Bertz CT molecular complexity index is 394. The van der Waals surface area contributed by atoms with Crippen molar-refractivity contribution in [2.75, 3.05) is 26.2 Å². The SMILES string of the molecule is CCN(CC)CCOC(=O)C(c1ccccc1)C(C)O.Cl. The van der Waals surface area contributed by atoms with E-state index in [1.54, 1.807) is 6.92 Å². The molecule has 1 aromatic carbocycles. The smallest absolute Gasteiger partial charge is 0.316 e. The Hall–Kier alpha value is -1.10. The maximum Gasteiger partial charge on any atom is 0.316 e. The third-order valence-electron chi connectivity index (χ3n) is 3.44. The van der Waals surface area contributed by atoms with Gasteiger partial charge < -0.3 is 14.7 Å². The maximum atomic E-state index is 12.1. The number of aliphatic hydroxyl groups is 1. The lowest BCUT2D eigenvalue weighted by molar-refractivity contribution is -0.148. The number of benzene rings is 1. The van der Waals surface area contributed by atoms with E-state index in [9.17, 15) is 9.90 Å². The molecule has 1 rings (SSSR count). The molecule has 2 atom stereocenters. The van der Waals surface area contributed by atoms with Gasteiger partial charge in [0.15, 0.2) is 0 Å². The number of aliphatic hydroxyl groups excluding tert-OH is 1. The van der Waals surface area contributed by atoms with E-state index in [1.165, 1.54) is 0 Å². The van der Waals surface area contributed by atoms with E-state index in [4.69, 9.17) is 4.74 Å². The molecule has 0 aliphatic rings. The van der Waals surface area contributed by atoms with E-state index < -0.39 is 12.0 Å². The van der Waals surface area contributed by atoms with Gasteiger partial charge in [0, 0.05) is 6.54 Å². The topological polar surface area (TPSA) is 49.8 Å². The number of hydrogen-bond donors (Lipinski definition) is 1. The molecular formula is C16H26ClNO3. The van der Waals surface area contributed by atoms with E-state index in [1.807, 2.05) is 30.3 Å². The second kappa shape index (κ2) is 10.6. The van der Waals surface area contributed by atoms with Crippen molar-refractivity contribution in [2.24, 2.45) is 0 Å². The van der Waals surface area contributed by atoms with Crippen molar-refractivity contribution in [1.82, 2.24) is 4.90 Å². The van der Waals surface area contributed by atoms with Gasteiger partial charge in [-0.25, -0.2) is 0 Å². The number of likely N-dealkylation sites (N-methyl/N-ethyl adjacent to an activating group) is 1. The molecule has 2 unspecified atom stereocenters. The van der Waals surface area contributed by atoms with Gasteiger partial charge in [-0.2, -0.15) is 0 Å². The molecule has 21 heavy (non-hydrogen) atoms. The lowest BCUT2D eigenvalue weighted by atomic mass is 9.94. The van der Waals surface area contributed by atoms with Crippen LogP contribution in [0.4, 0.5) is 0 Å². The third-order valence-corrected chi connectivity index (χ3v) is 3.44. The summed E-state index contributed by atoms with van der Waals surface area (Å²) in [6, 6.07) is 9.27. The van der Waals surface area contributed by atoms with E-state index in [0.717, 1.165) is 25.2 Å². The predicted molar refractivity (Wildman–Crippen MR) is 86.9 cm³/mol. The average molecular weight is 316 g/mol. The molecule has 0 aliphatic heterocycles. The lowest BCUT2D eigenvalue weighted by Crippen LogP contribution is -2.31. The monoisotopic (exact) mass is 315 g/mol. The van der Waals surface area contributed by atoms with E-state index in [-0.39, 0.29) is 18.4 Å². The Morgan fingerprint density at radius 3 is 2.29 bits per heavy atom. The molecule has 0 aliphatic carbocycles. The molecule has 0 fully saturated rings. The average Bonchev–Trinajstić information content (AvgIpc) is 2.44. The number of rotatable bonds is 8. The molecule has 120 valence electrons. The summed E-state index contributed by atoms with van der Waals surface area (Å²) in [4.78, 5) is 14.3. The molecule has 0 saturated heterocycles. The zero-order chi connectivity index (χ0) is 15.0. The summed E-state index contributed by atoms with van der Waals surface area (Å²) in [6.45, 7) is 8.72.